The van der Waals surface area contributed by atoms with Gasteiger partial charge in [0, 0.05) is 5.20 Å². The molecule has 1 aliphatic heterocycles. The highest BCUT2D eigenvalue weighted by molar-refractivity contribution is 7.01. The molecule has 8 heteroatoms. The van der Waals surface area contributed by atoms with Crippen molar-refractivity contribution in [2.45, 2.75) is 65.8 Å². The lowest BCUT2D eigenvalue weighted by Gasteiger charge is -2.32. The minimum Gasteiger partial charge on any atom is -0.463 e. The van der Waals surface area contributed by atoms with Crippen molar-refractivity contribution in [1.82, 2.24) is 0 Å². The third-order valence-electron chi connectivity index (χ3n) is 7.04. The molecule has 6 nitrogen and oxygen atoms in total. The molecule has 0 spiro atoms. The molecule has 0 aliphatic carbocycles. The van der Waals surface area contributed by atoms with Gasteiger partial charge in [0.25, 0.3) is 0 Å². The number of benzene rings is 2. The smallest absolute Gasteiger partial charge is 0.463 e. The van der Waals surface area contributed by atoms with Gasteiger partial charge in [0.1, 0.15) is 8.07 Å². The Bertz CT molecular complexity index is 1120. The van der Waals surface area contributed by atoms with Gasteiger partial charge in [-0.05, 0) is 64.7 Å². The maximum atomic E-state index is 13.7. The second kappa shape index (κ2) is 10.7. The van der Waals surface area contributed by atoms with Crippen molar-refractivity contribution in [2.75, 3.05) is 13.2 Å². The molecule has 2 aromatic rings. The standard InChI is InChI=1S/C28H37BO6Si/c1-9-32-25(30)21-16-14-15-20(19-21)23(29-34-27(3,4)28(5,6)35-29)24(26(31)33-10-2)36(7,8)22-17-12-11-13-18-22/h11-19H,9-10H2,1-8H3/b24-23+. The van der Waals surface area contributed by atoms with Gasteiger partial charge in [-0.3, -0.25) is 0 Å². The van der Waals surface area contributed by atoms with E-state index in [1.165, 1.54) is 0 Å². The van der Waals surface area contributed by atoms with Crippen LogP contribution in [-0.2, 0) is 23.6 Å². The van der Waals surface area contributed by atoms with Crippen molar-refractivity contribution in [3.05, 3.63) is 70.9 Å². The SMILES string of the molecule is CCOC(=O)/C(=C(\B1OC(C)(C)C(C)(C)O1)c1cccc(C(=O)OCC)c1)[Si](C)(C)c1ccccc1. The van der Waals surface area contributed by atoms with Gasteiger partial charge in [-0.15, -0.1) is 0 Å². The van der Waals surface area contributed by atoms with Crippen LogP contribution >= 0.6 is 0 Å². The monoisotopic (exact) mass is 508 g/mol. The molecule has 0 aromatic heterocycles. The average Bonchev–Trinajstić information content (AvgIpc) is 3.04. The third kappa shape index (κ3) is 5.51. The van der Waals surface area contributed by atoms with Crippen LogP contribution in [0.25, 0.3) is 5.47 Å². The van der Waals surface area contributed by atoms with Crippen LogP contribution in [0, 0.1) is 0 Å². The first kappa shape index (κ1) is 27.9. The molecule has 1 aliphatic rings. The lowest BCUT2D eigenvalue weighted by molar-refractivity contribution is -0.137. The maximum Gasteiger partial charge on any atom is 0.495 e. The van der Waals surface area contributed by atoms with E-state index in [-0.39, 0.29) is 13.2 Å². The highest BCUT2D eigenvalue weighted by atomic mass is 28.3. The summed E-state index contributed by atoms with van der Waals surface area (Å²) in [4.78, 5) is 26.3. The van der Waals surface area contributed by atoms with Crippen LogP contribution in [0.1, 0.15) is 57.5 Å². The number of esters is 2. The van der Waals surface area contributed by atoms with E-state index in [1.54, 1.807) is 32.0 Å². The first-order valence-corrected chi connectivity index (χ1v) is 15.5. The van der Waals surface area contributed by atoms with Gasteiger partial charge in [0.15, 0.2) is 0 Å². The Hall–Kier alpha value is -2.68. The molecule has 0 amide bonds. The minimum absolute atomic E-state index is 0.237. The van der Waals surface area contributed by atoms with E-state index < -0.39 is 38.3 Å². The van der Waals surface area contributed by atoms with Crippen LogP contribution in [0.5, 0.6) is 0 Å². The van der Waals surface area contributed by atoms with E-state index in [2.05, 4.69) is 13.1 Å². The van der Waals surface area contributed by atoms with E-state index in [1.807, 2.05) is 64.1 Å². The predicted molar refractivity (Wildman–Crippen MR) is 146 cm³/mol. The molecule has 36 heavy (non-hydrogen) atoms. The van der Waals surface area contributed by atoms with Gasteiger partial charge >= 0.3 is 19.1 Å². The molecule has 0 saturated carbocycles. The molecular formula is C28H37BO6Si. The molecule has 0 unspecified atom stereocenters. The van der Waals surface area contributed by atoms with Gasteiger partial charge < -0.3 is 18.8 Å². The van der Waals surface area contributed by atoms with Gasteiger partial charge in [-0.1, -0.05) is 60.7 Å². The summed E-state index contributed by atoms with van der Waals surface area (Å²) in [6, 6.07) is 17.1. The van der Waals surface area contributed by atoms with Crippen LogP contribution in [0.4, 0.5) is 0 Å². The molecule has 1 fully saturated rings. The van der Waals surface area contributed by atoms with E-state index in [0.29, 0.717) is 21.8 Å². The summed E-state index contributed by atoms with van der Waals surface area (Å²) in [6.45, 7) is 16.2. The van der Waals surface area contributed by atoms with Crippen LogP contribution in [0.15, 0.2) is 59.8 Å². The fourth-order valence-corrected chi connectivity index (χ4v) is 7.12. The zero-order valence-electron chi connectivity index (χ0n) is 22.6. The Kier molecular flexibility index (Phi) is 8.33. The van der Waals surface area contributed by atoms with Gasteiger partial charge in [0.2, 0.25) is 0 Å². The number of hydrogen-bond donors (Lipinski definition) is 0. The molecule has 192 valence electrons. The van der Waals surface area contributed by atoms with Crippen molar-refractivity contribution in [1.29, 1.82) is 0 Å². The lowest BCUT2D eigenvalue weighted by Crippen LogP contribution is -2.48. The molecule has 2 aromatic carbocycles. The summed E-state index contributed by atoms with van der Waals surface area (Å²) in [5, 5.41) is 1.62. The largest absolute Gasteiger partial charge is 0.495 e. The van der Waals surface area contributed by atoms with Gasteiger partial charge in [-0.2, -0.15) is 0 Å². The highest BCUT2D eigenvalue weighted by Gasteiger charge is 2.54. The zero-order chi connectivity index (χ0) is 26.7. The highest BCUT2D eigenvalue weighted by Crippen LogP contribution is 2.42. The van der Waals surface area contributed by atoms with Crippen molar-refractivity contribution in [3.63, 3.8) is 0 Å². The van der Waals surface area contributed by atoms with Crippen molar-refractivity contribution in [3.8, 4) is 0 Å². The number of carbonyl (C=O) groups is 2. The Morgan fingerprint density at radius 3 is 1.94 bits per heavy atom. The van der Waals surface area contributed by atoms with Gasteiger partial charge in [0.05, 0.1) is 30.0 Å². The van der Waals surface area contributed by atoms with E-state index in [4.69, 9.17) is 18.8 Å². The molecule has 0 N–H and O–H groups in total. The average molecular weight is 508 g/mol. The Morgan fingerprint density at radius 1 is 0.833 bits per heavy atom. The van der Waals surface area contributed by atoms with Crippen LogP contribution in [0.2, 0.25) is 13.1 Å². The Morgan fingerprint density at radius 2 is 1.39 bits per heavy atom. The molecule has 0 radical (unpaired) electrons. The van der Waals surface area contributed by atoms with Crippen molar-refractivity contribution >= 4 is 37.8 Å². The van der Waals surface area contributed by atoms with E-state index in [0.717, 1.165) is 5.19 Å². The van der Waals surface area contributed by atoms with E-state index in [9.17, 15) is 9.59 Å². The molecule has 0 atom stereocenters. The minimum atomic E-state index is -2.65. The van der Waals surface area contributed by atoms with Crippen molar-refractivity contribution < 1.29 is 28.4 Å². The van der Waals surface area contributed by atoms with E-state index >= 15 is 0 Å². The summed E-state index contributed by atoms with van der Waals surface area (Å²) in [5.41, 5.74) is 0.405. The first-order chi connectivity index (χ1) is 16.9. The predicted octanol–water partition coefficient (Wildman–Crippen LogP) is 4.97. The normalized spacial score (nSPS) is 17.4. The number of carbonyl (C=O) groups excluding carboxylic acids is 2. The zero-order valence-corrected chi connectivity index (χ0v) is 23.6. The second-order valence-electron chi connectivity index (χ2n) is 10.4. The molecule has 1 saturated heterocycles. The summed E-state index contributed by atoms with van der Waals surface area (Å²) < 4.78 is 23.8. The fraction of sp³-hybridized carbons (Fsp3) is 0.429. The molecule has 3 rings (SSSR count). The fourth-order valence-electron chi connectivity index (χ4n) is 4.29. The second-order valence-corrected chi connectivity index (χ2v) is 14.7. The Labute approximate surface area is 216 Å². The summed E-state index contributed by atoms with van der Waals surface area (Å²) >= 11 is 0. The lowest BCUT2D eigenvalue weighted by atomic mass is 9.73. The van der Waals surface area contributed by atoms with Crippen LogP contribution < -0.4 is 5.19 Å². The van der Waals surface area contributed by atoms with Crippen molar-refractivity contribution in [2.24, 2.45) is 0 Å². The van der Waals surface area contributed by atoms with Crippen LogP contribution in [0.3, 0.4) is 0 Å². The molecule has 0 bridgehead atoms. The van der Waals surface area contributed by atoms with Gasteiger partial charge in [-0.25, -0.2) is 9.59 Å². The number of rotatable bonds is 8. The quantitative estimate of drug-likeness (QED) is 0.285. The van der Waals surface area contributed by atoms with Crippen LogP contribution in [-0.4, -0.2) is 51.5 Å². The summed E-state index contributed by atoms with van der Waals surface area (Å²) in [5.74, 6) is -0.825. The third-order valence-corrected chi connectivity index (χ3v) is 10.5. The number of hydrogen-bond acceptors (Lipinski definition) is 6. The molecule has 1 heterocycles. The Balaban J connectivity index is 2.35. The number of ether oxygens (including phenoxy) is 2. The molecular weight excluding hydrogens is 471 g/mol. The maximum absolute atomic E-state index is 13.7. The summed E-state index contributed by atoms with van der Waals surface area (Å²) in [6.07, 6.45) is 0. The summed E-state index contributed by atoms with van der Waals surface area (Å²) in [7, 11) is -3.48. The first-order valence-electron chi connectivity index (χ1n) is 12.5. The topological polar surface area (TPSA) is 71.1 Å².